The Bertz CT molecular complexity index is 847. The van der Waals surface area contributed by atoms with E-state index in [1.165, 1.54) is 12.1 Å². The van der Waals surface area contributed by atoms with Crippen molar-refractivity contribution in [1.82, 2.24) is 4.98 Å². The molecule has 8 nitrogen and oxygen atoms in total. The fourth-order valence-corrected chi connectivity index (χ4v) is 1.86. The van der Waals surface area contributed by atoms with Crippen LogP contribution in [0.25, 0.3) is 0 Å². The van der Waals surface area contributed by atoms with Gasteiger partial charge in [0.25, 0.3) is 0 Å². The molecule has 0 fully saturated rings. The summed E-state index contributed by atoms with van der Waals surface area (Å²) in [7, 11) is 0. The van der Waals surface area contributed by atoms with Crippen molar-refractivity contribution in [3.63, 3.8) is 0 Å². The standard InChI is InChI=1S/C15H10FN3O5/c1-2-23-15(20)9-6-7-18-14(13(9)19(21)22)24-12-5-3-4-11(16)10(12)8-17/h3-7H,2H2,1H3. The first-order valence-corrected chi connectivity index (χ1v) is 6.66. The molecule has 0 saturated heterocycles. The van der Waals surface area contributed by atoms with Gasteiger partial charge in [-0.15, -0.1) is 0 Å². The van der Waals surface area contributed by atoms with E-state index < -0.39 is 33.8 Å². The SMILES string of the molecule is CCOC(=O)c1ccnc(Oc2cccc(F)c2C#N)c1[N+](=O)[O-]. The van der Waals surface area contributed by atoms with Gasteiger partial charge >= 0.3 is 17.5 Å². The van der Waals surface area contributed by atoms with Crippen molar-refractivity contribution in [2.45, 2.75) is 6.92 Å². The van der Waals surface area contributed by atoms with Crippen LogP contribution in [0, 0.1) is 27.3 Å². The van der Waals surface area contributed by atoms with Crippen LogP contribution in [0.3, 0.4) is 0 Å². The maximum absolute atomic E-state index is 13.6. The molecule has 1 aromatic heterocycles. The third kappa shape index (κ3) is 3.27. The summed E-state index contributed by atoms with van der Waals surface area (Å²) in [6, 6.07) is 6.28. The number of esters is 1. The summed E-state index contributed by atoms with van der Waals surface area (Å²) in [4.78, 5) is 26.0. The second kappa shape index (κ2) is 7.15. The summed E-state index contributed by atoms with van der Waals surface area (Å²) in [6.45, 7) is 1.57. The Labute approximate surface area is 135 Å². The Hall–Kier alpha value is -3.54. The van der Waals surface area contributed by atoms with Crippen LogP contribution in [0.2, 0.25) is 0 Å². The largest absolute Gasteiger partial charge is 0.462 e. The van der Waals surface area contributed by atoms with E-state index in [2.05, 4.69) is 4.98 Å². The highest BCUT2D eigenvalue weighted by atomic mass is 19.1. The van der Waals surface area contributed by atoms with Crippen LogP contribution in [0.15, 0.2) is 30.5 Å². The van der Waals surface area contributed by atoms with E-state index in [-0.39, 0.29) is 17.9 Å². The normalized spacial score (nSPS) is 9.88. The number of benzene rings is 1. The zero-order valence-electron chi connectivity index (χ0n) is 12.4. The van der Waals surface area contributed by atoms with Gasteiger partial charge in [0.15, 0.2) is 5.75 Å². The molecule has 0 spiro atoms. The molecule has 0 aliphatic rings. The number of carbonyl (C=O) groups is 1. The van der Waals surface area contributed by atoms with Crippen LogP contribution in [0.1, 0.15) is 22.8 Å². The van der Waals surface area contributed by atoms with Crippen LogP contribution < -0.4 is 4.74 Å². The highest BCUT2D eigenvalue weighted by Gasteiger charge is 2.29. The van der Waals surface area contributed by atoms with E-state index in [0.717, 1.165) is 18.3 Å². The van der Waals surface area contributed by atoms with Gasteiger partial charge in [-0.2, -0.15) is 5.26 Å². The maximum Gasteiger partial charge on any atom is 0.345 e. The molecule has 0 N–H and O–H groups in total. The van der Waals surface area contributed by atoms with Gasteiger partial charge in [-0.1, -0.05) is 6.07 Å². The third-order valence-electron chi connectivity index (χ3n) is 2.86. The minimum Gasteiger partial charge on any atom is -0.462 e. The van der Waals surface area contributed by atoms with Crippen LogP contribution in [0.5, 0.6) is 11.6 Å². The number of aromatic nitrogens is 1. The molecule has 0 bridgehead atoms. The number of hydrogen-bond acceptors (Lipinski definition) is 7. The lowest BCUT2D eigenvalue weighted by Crippen LogP contribution is -2.09. The van der Waals surface area contributed by atoms with E-state index in [1.54, 1.807) is 13.0 Å². The molecule has 1 aromatic carbocycles. The van der Waals surface area contributed by atoms with Crippen LogP contribution in [-0.4, -0.2) is 22.5 Å². The first-order valence-electron chi connectivity index (χ1n) is 6.66. The lowest BCUT2D eigenvalue weighted by Gasteiger charge is -2.09. The van der Waals surface area contributed by atoms with Gasteiger partial charge in [0.1, 0.15) is 23.0 Å². The Morgan fingerprint density at radius 2 is 2.21 bits per heavy atom. The number of nitriles is 1. The summed E-state index contributed by atoms with van der Waals surface area (Å²) >= 11 is 0. The average molecular weight is 331 g/mol. The van der Waals surface area contributed by atoms with E-state index in [1.807, 2.05) is 0 Å². The molecule has 0 saturated carbocycles. The topological polar surface area (TPSA) is 115 Å². The van der Waals surface area contributed by atoms with Crippen molar-refractivity contribution in [3.05, 3.63) is 57.5 Å². The van der Waals surface area contributed by atoms with E-state index >= 15 is 0 Å². The molecule has 0 radical (unpaired) electrons. The van der Waals surface area contributed by atoms with Crippen molar-refractivity contribution in [3.8, 4) is 17.7 Å². The molecular weight excluding hydrogens is 321 g/mol. The molecular formula is C15H10FN3O5. The molecule has 0 unspecified atom stereocenters. The Morgan fingerprint density at radius 1 is 1.46 bits per heavy atom. The summed E-state index contributed by atoms with van der Waals surface area (Å²) in [5.41, 5.74) is -1.53. The van der Waals surface area contributed by atoms with Crippen LogP contribution >= 0.6 is 0 Å². The fourth-order valence-electron chi connectivity index (χ4n) is 1.86. The van der Waals surface area contributed by atoms with Crippen LogP contribution in [-0.2, 0) is 4.74 Å². The van der Waals surface area contributed by atoms with Crippen molar-refractivity contribution in [2.75, 3.05) is 6.61 Å². The van der Waals surface area contributed by atoms with Crippen molar-refractivity contribution < 1.29 is 23.6 Å². The molecule has 0 aliphatic carbocycles. The van der Waals surface area contributed by atoms with E-state index in [0.29, 0.717) is 0 Å². The fraction of sp³-hybridized carbons (Fsp3) is 0.133. The highest BCUT2D eigenvalue weighted by molar-refractivity contribution is 5.94. The predicted octanol–water partition coefficient (Wildman–Crippen LogP) is 2.97. The quantitative estimate of drug-likeness (QED) is 0.470. The Balaban J connectivity index is 2.54. The van der Waals surface area contributed by atoms with Gasteiger partial charge in [0.05, 0.1) is 11.5 Å². The minimum atomic E-state index is -0.920. The zero-order chi connectivity index (χ0) is 17.7. The number of ether oxygens (including phenoxy) is 2. The summed E-state index contributed by atoms with van der Waals surface area (Å²) in [5.74, 6) is -2.57. The first-order chi connectivity index (χ1) is 11.5. The zero-order valence-corrected chi connectivity index (χ0v) is 12.4. The lowest BCUT2D eigenvalue weighted by atomic mass is 10.2. The third-order valence-corrected chi connectivity index (χ3v) is 2.86. The second-order valence-electron chi connectivity index (χ2n) is 4.32. The lowest BCUT2D eigenvalue weighted by molar-refractivity contribution is -0.386. The molecule has 24 heavy (non-hydrogen) atoms. The van der Waals surface area contributed by atoms with Crippen LogP contribution in [0.4, 0.5) is 10.1 Å². The smallest absolute Gasteiger partial charge is 0.345 e. The van der Waals surface area contributed by atoms with Gasteiger partial charge in [-0.3, -0.25) is 10.1 Å². The Kier molecular flexibility index (Phi) is 5.01. The first kappa shape index (κ1) is 16.8. The summed E-state index contributed by atoms with van der Waals surface area (Å²) < 4.78 is 23.6. The second-order valence-corrected chi connectivity index (χ2v) is 4.32. The molecule has 2 aromatic rings. The predicted molar refractivity (Wildman–Crippen MR) is 78.0 cm³/mol. The van der Waals surface area contributed by atoms with E-state index in [9.17, 15) is 19.3 Å². The van der Waals surface area contributed by atoms with Crippen molar-refractivity contribution in [2.24, 2.45) is 0 Å². The van der Waals surface area contributed by atoms with Gasteiger partial charge in [0, 0.05) is 6.20 Å². The number of halogens is 1. The molecule has 0 amide bonds. The number of rotatable bonds is 5. The summed E-state index contributed by atoms with van der Waals surface area (Å²) in [5, 5.41) is 20.3. The van der Waals surface area contributed by atoms with E-state index in [4.69, 9.17) is 14.7 Å². The molecule has 0 aliphatic heterocycles. The molecule has 2 rings (SSSR count). The van der Waals surface area contributed by atoms with Gasteiger partial charge in [0.2, 0.25) is 0 Å². The number of nitrogens with zero attached hydrogens (tertiary/aromatic N) is 3. The number of nitro groups is 1. The van der Waals surface area contributed by atoms with Gasteiger partial charge in [-0.05, 0) is 25.1 Å². The summed E-state index contributed by atoms with van der Waals surface area (Å²) in [6.07, 6.45) is 1.11. The minimum absolute atomic E-state index is 0.0248. The van der Waals surface area contributed by atoms with Crippen molar-refractivity contribution in [1.29, 1.82) is 5.26 Å². The van der Waals surface area contributed by atoms with Crippen molar-refractivity contribution >= 4 is 11.7 Å². The number of pyridine rings is 1. The maximum atomic E-state index is 13.6. The number of carbonyl (C=O) groups excluding carboxylic acids is 1. The highest BCUT2D eigenvalue weighted by Crippen LogP contribution is 2.34. The number of hydrogen-bond donors (Lipinski definition) is 0. The van der Waals surface area contributed by atoms with Gasteiger partial charge in [-0.25, -0.2) is 14.2 Å². The monoisotopic (exact) mass is 331 g/mol. The average Bonchev–Trinajstić information content (AvgIpc) is 2.55. The van der Waals surface area contributed by atoms with Gasteiger partial charge < -0.3 is 9.47 Å². The molecule has 122 valence electrons. The molecule has 1 heterocycles. The molecule has 9 heteroatoms. The molecule has 0 atom stereocenters. The Morgan fingerprint density at radius 3 is 2.83 bits per heavy atom.